The van der Waals surface area contributed by atoms with Gasteiger partial charge in [0, 0.05) is 13.1 Å². The molecule has 2 N–H and O–H groups in total. The maximum Gasteiger partial charge on any atom is 0.0983 e. The summed E-state index contributed by atoms with van der Waals surface area (Å²) < 4.78 is 0. The van der Waals surface area contributed by atoms with Crippen LogP contribution >= 0.6 is 0 Å². The van der Waals surface area contributed by atoms with Crippen LogP contribution in [0.3, 0.4) is 0 Å². The average Bonchev–Trinajstić information content (AvgIpc) is 2.04. The van der Waals surface area contributed by atoms with Gasteiger partial charge in [0.05, 0.1) is 5.82 Å². The van der Waals surface area contributed by atoms with E-state index in [0.717, 1.165) is 13.1 Å². The minimum absolute atomic E-state index is 0.632. The molecule has 2 heteroatoms. The van der Waals surface area contributed by atoms with Crippen LogP contribution in [0.15, 0.2) is 11.4 Å². The fraction of sp³-hybridized carbons (Fsp3) is 0.818. The summed E-state index contributed by atoms with van der Waals surface area (Å²) in [5.74, 6) is 2.55. The van der Waals surface area contributed by atoms with Crippen LogP contribution in [0.1, 0.15) is 34.1 Å². The summed E-state index contributed by atoms with van der Waals surface area (Å²) >= 11 is 0. The van der Waals surface area contributed by atoms with E-state index in [9.17, 15) is 0 Å². The number of hydrogen-bond donors (Lipinski definition) is 2. The lowest BCUT2D eigenvalue weighted by Crippen LogP contribution is -2.37. The van der Waals surface area contributed by atoms with E-state index in [-0.39, 0.29) is 0 Å². The molecule has 1 heterocycles. The van der Waals surface area contributed by atoms with Crippen LogP contribution in [-0.4, -0.2) is 13.1 Å². The van der Waals surface area contributed by atoms with Gasteiger partial charge in [-0.3, -0.25) is 0 Å². The highest BCUT2D eigenvalue weighted by atomic mass is 15.1. The molecule has 0 aliphatic carbocycles. The Morgan fingerprint density at radius 1 is 1.00 bits per heavy atom. The molecule has 0 atom stereocenters. The third kappa shape index (κ3) is 2.64. The molecule has 0 aromatic rings. The van der Waals surface area contributed by atoms with Crippen LogP contribution in [0.4, 0.5) is 0 Å². The normalized spacial score (nSPS) is 17.2. The Morgan fingerprint density at radius 3 is 1.85 bits per heavy atom. The van der Waals surface area contributed by atoms with Gasteiger partial charge in [-0.05, 0) is 23.8 Å². The topological polar surface area (TPSA) is 24.1 Å². The highest BCUT2D eigenvalue weighted by Gasteiger charge is 2.15. The molecule has 1 fully saturated rings. The molecule has 76 valence electrons. The highest BCUT2D eigenvalue weighted by molar-refractivity contribution is 5.16. The zero-order chi connectivity index (χ0) is 9.84. The molecule has 0 unspecified atom stereocenters. The van der Waals surface area contributed by atoms with Crippen LogP contribution < -0.4 is 10.6 Å². The van der Waals surface area contributed by atoms with Gasteiger partial charge < -0.3 is 10.6 Å². The van der Waals surface area contributed by atoms with Gasteiger partial charge in [0.1, 0.15) is 0 Å². The van der Waals surface area contributed by atoms with Crippen LogP contribution in [0.5, 0.6) is 0 Å². The summed E-state index contributed by atoms with van der Waals surface area (Å²) in [5, 5.41) is 6.90. The molecule has 1 aliphatic heterocycles. The summed E-state index contributed by atoms with van der Waals surface area (Å²) in [6.45, 7) is 11.3. The lowest BCUT2D eigenvalue weighted by atomic mass is 9.92. The summed E-state index contributed by atoms with van der Waals surface area (Å²) in [5.41, 5.74) is 1.53. The minimum atomic E-state index is 0.632. The highest BCUT2D eigenvalue weighted by Crippen LogP contribution is 2.21. The Labute approximate surface area is 81.8 Å². The van der Waals surface area contributed by atoms with Crippen LogP contribution in [0.2, 0.25) is 0 Å². The van der Waals surface area contributed by atoms with Crippen molar-refractivity contribution in [3.8, 4) is 0 Å². The van der Waals surface area contributed by atoms with Gasteiger partial charge in [0.2, 0.25) is 0 Å². The number of allylic oxidation sites excluding steroid dienone is 1. The molecular formula is C11H22N2. The van der Waals surface area contributed by atoms with Crippen molar-refractivity contribution in [2.24, 2.45) is 11.8 Å². The number of nitrogens with one attached hydrogen (secondary N) is 2. The van der Waals surface area contributed by atoms with E-state index < -0.39 is 0 Å². The molecule has 0 amide bonds. The predicted molar refractivity (Wildman–Crippen MR) is 57.3 cm³/mol. The lowest BCUT2D eigenvalue weighted by Gasteiger charge is -2.27. The molecule has 1 saturated heterocycles. The summed E-state index contributed by atoms with van der Waals surface area (Å²) in [6, 6.07) is 0. The molecule has 0 aromatic carbocycles. The summed E-state index contributed by atoms with van der Waals surface area (Å²) in [4.78, 5) is 0. The molecule has 0 spiro atoms. The average molecular weight is 182 g/mol. The first-order chi connectivity index (χ1) is 6.13. The van der Waals surface area contributed by atoms with Gasteiger partial charge in [-0.25, -0.2) is 0 Å². The Hall–Kier alpha value is -0.660. The van der Waals surface area contributed by atoms with E-state index in [1.807, 2.05) is 0 Å². The zero-order valence-corrected chi connectivity index (χ0v) is 9.28. The van der Waals surface area contributed by atoms with E-state index in [1.54, 1.807) is 0 Å². The van der Waals surface area contributed by atoms with Gasteiger partial charge in [0.25, 0.3) is 0 Å². The van der Waals surface area contributed by atoms with Gasteiger partial charge in [-0.1, -0.05) is 27.7 Å². The first kappa shape index (κ1) is 10.4. The largest absolute Gasteiger partial charge is 0.372 e. The second-order valence-electron chi connectivity index (χ2n) is 4.35. The van der Waals surface area contributed by atoms with Gasteiger partial charge in [0.15, 0.2) is 0 Å². The second-order valence-corrected chi connectivity index (χ2v) is 4.35. The van der Waals surface area contributed by atoms with Crippen molar-refractivity contribution in [1.29, 1.82) is 0 Å². The molecule has 0 radical (unpaired) electrons. The third-order valence-corrected chi connectivity index (χ3v) is 2.49. The Kier molecular flexibility index (Phi) is 3.64. The molecule has 0 saturated carbocycles. The fourth-order valence-electron chi connectivity index (χ4n) is 2.03. The van der Waals surface area contributed by atoms with Crippen molar-refractivity contribution < 1.29 is 0 Å². The number of hydrogen-bond acceptors (Lipinski definition) is 2. The SMILES string of the molecule is CC(C)C(=C1NCCCN1)C(C)C. The van der Waals surface area contributed by atoms with Gasteiger partial charge in [-0.2, -0.15) is 0 Å². The van der Waals surface area contributed by atoms with Crippen molar-refractivity contribution in [2.45, 2.75) is 34.1 Å². The van der Waals surface area contributed by atoms with Crippen LogP contribution in [0.25, 0.3) is 0 Å². The third-order valence-electron chi connectivity index (χ3n) is 2.49. The first-order valence-electron chi connectivity index (χ1n) is 5.34. The fourth-order valence-corrected chi connectivity index (χ4v) is 2.03. The van der Waals surface area contributed by atoms with E-state index in [2.05, 4.69) is 38.3 Å². The molecule has 2 nitrogen and oxygen atoms in total. The molecule has 1 aliphatic rings. The van der Waals surface area contributed by atoms with E-state index in [0.29, 0.717) is 11.8 Å². The summed E-state index contributed by atoms with van der Waals surface area (Å²) in [7, 11) is 0. The Morgan fingerprint density at radius 2 is 1.46 bits per heavy atom. The molecule has 1 rings (SSSR count). The quantitative estimate of drug-likeness (QED) is 0.683. The molecule has 13 heavy (non-hydrogen) atoms. The smallest absolute Gasteiger partial charge is 0.0983 e. The Bertz CT molecular complexity index is 174. The second kappa shape index (κ2) is 4.54. The zero-order valence-electron chi connectivity index (χ0n) is 9.28. The first-order valence-corrected chi connectivity index (χ1v) is 5.34. The van der Waals surface area contributed by atoms with Gasteiger partial charge >= 0.3 is 0 Å². The van der Waals surface area contributed by atoms with E-state index >= 15 is 0 Å². The van der Waals surface area contributed by atoms with Crippen molar-refractivity contribution in [2.75, 3.05) is 13.1 Å². The Balaban J connectivity index is 2.80. The predicted octanol–water partition coefficient (Wildman–Crippen LogP) is 2.09. The minimum Gasteiger partial charge on any atom is -0.372 e. The molecule has 0 bridgehead atoms. The van der Waals surface area contributed by atoms with E-state index in [4.69, 9.17) is 0 Å². The van der Waals surface area contributed by atoms with Crippen LogP contribution in [-0.2, 0) is 0 Å². The summed E-state index contributed by atoms with van der Waals surface area (Å²) in [6.07, 6.45) is 1.23. The molecule has 0 aromatic heterocycles. The van der Waals surface area contributed by atoms with Crippen molar-refractivity contribution >= 4 is 0 Å². The monoisotopic (exact) mass is 182 g/mol. The van der Waals surface area contributed by atoms with Crippen molar-refractivity contribution in [1.82, 2.24) is 10.6 Å². The maximum atomic E-state index is 3.45. The molecular weight excluding hydrogens is 160 g/mol. The standard InChI is InChI=1S/C11H22N2/c1-8(2)10(9(3)4)11-12-6-5-7-13-11/h8-9,12-13H,5-7H2,1-4H3. The van der Waals surface area contributed by atoms with E-state index in [1.165, 1.54) is 17.8 Å². The van der Waals surface area contributed by atoms with Crippen molar-refractivity contribution in [3.05, 3.63) is 11.4 Å². The number of rotatable bonds is 2. The van der Waals surface area contributed by atoms with Crippen LogP contribution in [0, 0.1) is 11.8 Å². The van der Waals surface area contributed by atoms with Gasteiger partial charge in [-0.15, -0.1) is 0 Å². The lowest BCUT2D eigenvalue weighted by molar-refractivity contribution is 0.518. The van der Waals surface area contributed by atoms with Crippen molar-refractivity contribution in [3.63, 3.8) is 0 Å². The maximum absolute atomic E-state index is 3.45.